The molecule has 0 unspecified atom stereocenters. The molecule has 0 saturated heterocycles. The van der Waals surface area contributed by atoms with E-state index in [1.807, 2.05) is 42.5 Å². The van der Waals surface area contributed by atoms with E-state index in [2.05, 4.69) is 16.0 Å². The number of hydrogen-bond donors (Lipinski definition) is 3. The third-order valence-electron chi connectivity index (χ3n) is 4.96. The highest BCUT2D eigenvalue weighted by Crippen LogP contribution is 2.19. The Balaban J connectivity index is 1.36. The van der Waals surface area contributed by atoms with E-state index in [4.69, 9.17) is 4.74 Å². The van der Waals surface area contributed by atoms with E-state index in [0.29, 0.717) is 5.56 Å². The average molecular weight is 423 g/mol. The predicted molar refractivity (Wildman–Crippen MR) is 114 cm³/mol. The monoisotopic (exact) mass is 423 g/mol. The van der Waals surface area contributed by atoms with Crippen LogP contribution in [0.25, 0.3) is 11.1 Å². The Morgan fingerprint density at radius 1 is 0.871 bits per heavy atom. The molecule has 0 aliphatic heterocycles. The average Bonchev–Trinajstić information content (AvgIpc) is 3.29. The molecule has 2 aromatic carbocycles. The van der Waals surface area contributed by atoms with Gasteiger partial charge in [-0.05, 0) is 36.1 Å². The number of benzene rings is 2. The maximum Gasteiger partial charge on any atom is 0.325 e. The van der Waals surface area contributed by atoms with Gasteiger partial charge in [-0.3, -0.25) is 19.7 Å². The van der Waals surface area contributed by atoms with Crippen LogP contribution in [0.5, 0.6) is 0 Å². The molecule has 162 valence electrons. The summed E-state index contributed by atoms with van der Waals surface area (Å²) in [5.41, 5.74) is 2.40. The molecule has 8 nitrogen and oxygen atoms in total. The first-order chi connectivity index (χ1) is 15.0. The fourth-order valence-electron chi connectivity index (χ4n) is 3.35. The van der Waals surface area contributed by atoms with E-state index in [1.165, 1.54) is 0 Å². The first-order valence-corrected chi connectivity index (χ1v) is 10.2. The van der Waals surface area contributed by atoms with Crippen LogP contribution in [0.4, 0.5) is 4.79 Å². The van der Waals surface area contributed by atoms with Gasteiger partial charge in [-0.1, -0.05) is 55.3 Å². The van der Waals surface area contributed by atoms with Crippen LogP contribution in [0, 0.1) is 0 Å². The molecule has 0 atom stereocenters. The zero-order valence-electron chi connectivity index (χ0n) is 17.1. The summed E-state index contributed by atoms with van der Waals surface area (Å²) in [7, 11) is 0. The molecule has 4 amide bonds. The molecule has 0 radical (unpaired) electrons. The molecule has 3 rings (SSSR count). The van der Waals surface area contributed by atoms with Gasteiger partial charge in [0.2, 0.25) is 0 Å². The van der Waals surface area contributed by atoms with Crippen LogP contribution in [0.15, 0.2) is 54.6 Å². The molecular weight excluding hydrogens is 398 g/mol. The Hall–Kier alpha value is -3.68. The molecule has 1 aliphatic carbocycles. The lowest BCUT2D eigenvalue weighted by Crippen LogP contribution is -2.45. The molecule has 2 aromatic rings. The van der Waals surface area contributed by atoms with Crippen molar-refractivity contribution in [3.63, 3.8) is 0 Å². The summed E-state index contributed by atoms with van der Waals surface area (Å²) in [6.45, 7) is -0.987. The SMILES string of the molecule is O=C(COC(=O)CNC(=O)c1ccc(-c2ccccc2)cc1)NC(=O)NC1CCCC1. The Morgan fingerprint density at radius 3 is 2.19 bits per heavy atom. The topological polar surface area (TPSA) is 114 Å². The Morgan fingerprint density at radius 2 is 1.52 bits per heavy atom. The van der Waals surface area contributed by atoms with Crippen LogP contribution in [0.1, 0.15) is 36.0 Å². The minimum absolute atomic E-state index is 0.0762. The van der Waals surface area contributed by atoms with Crippen LogP contribution in [0.3, 0.4) is 0 Å². The van der Waals surface area contributed by atoms with Gasteiger partial charge in [-0.25, -0.2) is 4.79 Å². The summed E-state index contributed by atoms with van der Waals surface area (Å²) in [6.07, 6.45) is 3.90. The molecular formula is C23H25N3O5. The Bertz CT molecular complexity index is 922. The number of imide groups is 1. The first-order valence-electron chi connectivity index (χ1n) is 10.2. The zero-order valence-corrected chi connectivity index (χ0v) is 17.1. The number of urea groups is 1. The fraction of sp³-hybridized carbons (Fsp3) is 0.304. The lowest BCUT2D eigenvalue weighted by atomic mass is 10.0. The van der Waals surface area contributed by atoms with Crippen LogP contribution in [-0.4, -0.2) is 43.0 Å². The van der Waals surface area contributed by atoms with Gasteiger partial charge < -0.3 is 15.4 Å². The van der Waals surface area contributed by atoms with Crippen molar-refractivity contribution in [3.05, 3.63) is 60.2 Å². The number of carbonyl (C=O) groups is 4. The summed E-state index contributed by atoms with van der Waals surface area (Å²) in [4.78, 5) is 47.4. The number of hydrogen-bond acceptors (Lipinski definition) is 5. The standard InChI is InChI=1S/C23H25N3O5/c27-20(26-23(30)25-19-8-4-5-9-19)15-31-21(28)14-24-22(29)18-12-10-17(11-13-18)16-6-2-1-3-7-16/h1-3,6-7,10-13,19H,4-5,8-9,14-15H2,(H,24,29)(H2,25,26,27,30). The van der Waals surface area contributed by atoms with Gasteiger partial charge in [0.25, 0.3) is 11.8 Å². The van der Waals surface area contributed by atoms with E-state index in [9.17, 15) is 19.2 Å². The summed E-state index contributed by atoms with van der Waals surface area (Å²) < 4.78 is 4.79. The van der Waals surface area contributed by atoms with Crippen molar-refractivity contribution in [2.45, 2.75) is 31.7 Å². The van der Waals surface area contributed by atoms with Crippen molar-refractivity contribution in [1.82, 2.24) is 16.0 Å². The van der Waals surface area contributed by atoms with E-state index in [-0.39, 0.29) is 12.6 Å². The number of rotatable bonds is 7. The fourth-order valence-corrected chi connectivity index (χ4v) is 3.35. The first kappa shape index (κ1) is 22.0. The summed E-state index contributed by atoms with van der Waals surface area (Å²) in [5, 5.41) is 7.27. The Kier molecular flexibility index (Phi) is 7.75. The molecule has 31 heavy (non-hydrogen) atoms. The van der Waals surface area contributed by atoms with E-state index >= 15 is 0 Å². The van der Waals surface area contributed by atoms with Crippen molar-refractivity contribution in [2.75, 3.05) is 13.2 Å². The van der Waals surface area contributed by atoms with Gasteiger partial charge in [0.15, 0.2) is 6.61 Å². The lowest BCUT2D eigenvalue weighted by molar-refractivity contribution is -0.147. The maximum atomic E-state index is 12.2. The molecule has 8 heteroatoms. The highest BCUT2D eigenvalue weighted by Gasteiger charge is 2.18. The molecule has 0 bridgehead atoms. The largest absolute Gasteiger partial charge is 0.454 e. The lowest BCUT2D eigenvalue weighted by Gasteiger charge is -2.12. The predicted octanol–water partition coefficient (Wildman–Crippen LogP) is 2.40. The number of nitrogens with one attached hydrogen (secondary N) is 3. The summed E-state index contributed by atoms with van der Waals surface area (Å²) >= 11 is 0. The molecule has 0 spiro atoms. The number of carbonyl (C=O) groups excluding carboxylic acids is 4. The van der Waals surface area contributed by atoms with Crippen molar-refractivity contribution in [1.29, 1.82) is 0 Å². The van der Waals surface area contributed by atoms with Gasteiger partial charge >= 0.3 is 12.0 Å². The van der Waals surface area contributed by atoms with E-state index < -0.39 is 30.4 Å². The highest BCUT2D eigenvalue weighted by atomic mass is 16.5. The second kappa shape index (κ2) is 10.9. The number of esters is 1. The highest BCUT2D eigenvalue weighted by molar-refractivity contribution is 5.97. The van der Waals surface area contributed by atoms with Gasteiger partial charge in [0.05, 0.1) is 0 Å². The van der Waals surface area contributed by atoms with Gasteiger partial charge in [-0.15, -0.1) is 0 Å². The van der Waals surface area contributed by atoms with Crippen molar-refractivity contribution in [2.24, 2.45) is 0 Å². The van der Waals surface area contributed by atoms with E-state index in [0.717, 1.165) is 36.8 Å². The summed E-state index contributed by atoms with van der Waals surface area (Å²) in [5.74, 6) is -1.94. The molecule has 1 fully saturated rings. The third-order valence-corrected chi connectivity index (χ3v) is 4.96. The van der Waals surface area contributed by atoms with Crippen LogP contribution in [-0.2, 0) is 14.3 Å². The van der Waals surface area contributed by atoms with Crippen LogP contribution in [0.2, 0.25) is 0 Å². The second-order valence-corrected chi connectivity index (χ2v) is 7.29. The minimum atomic E-state index is -0.777. The van der Waals surface area contributed by atoms with Gasteiger partial charge in [0.1, 0.15) is 6.54 Å². The normalized spacial score (nSPS) is 13.3. The van der Waals surface area contributed by atoms with Crippen molar-refractivity contribution in [3.8, 4) is 11.1 Å². The molecule has 0 heterocycles. The van der Waals surface area contributed by atoms with Crippen LogP contribution >= 0.6 is 0 Å². The van der Waals surface area contributed by atoms with Gasteiger partial charge in [-0.2, -0.15) is 0 Å². The maximum absolute atomic E-state index is 12.2. The zero-order chi connectivity index (χ0) is 22.1. The third kappa shape index (κ3) is 6.95. The number of amides is 4. The summed E-state index contributed by atoms with van der Waals surface area (Å²) in [6, 6.07) is 16.2. The second-order valence-electron chi connectivity index (χ2n) is 7.29. The van der Waals surface area contributed by atoms with E-state index in [1.54, 1.807) is 12.1 Å². The van der Waals surface area contributed by atoms with Crippen LogP contribution < -0.4 is 16.0 Å². The molecule has 1 aliphatic rings. The molecule has 1 saturated carbocycles. The van der Waals surface area contributed by atoms with Crippen molar-refractivity contribution < 1.29 is 23.9 Å². The molecule has 3 N–H and O–H groups in total. The smallest absolute Gasteiger partial charge is 0.325 e. The van der Waals surface area contributed by atoms with Crippen molar-refractivity contribution >= 4 is 23.8 Å². The van der Waals surface area contributed by atoms with Gasteiger partial charge in [0, 0.05) is 11.6 Å². The molecule has 0 aromatic heterocycles. The minimum Gasteiger partial charge on any atom is -0.454 e. The number of ether oxygens (including phenoxy) is 1. The Labute approximate surface area is 180 Å². The quantitative estimate of drug-likeness (QED) is 0.592.